The van der Waals surface area contributed by atoms with E-state index >= 15 is 0 Å². The van der Waals surface area contributed by atoms with E-state index in [1.54, 1.807) is 54.6 Å². The number of rotatable bonds is 7. The number of esters is 1. The molecule has 0 aliphatic carbocycles. The number of primary amides is 1. The Kier molecular flexibility index (Phi) is 6.54. The summed E-state index contributed by atoms with van der Waals surface area (Å²) in [6, 6.07) is 13.7. The lowest BCUT2D eigenvalue weighted by atomic mass is 10.0. The number of hydrogen-bond donors (Lipinski definition) is 2. The second-order valence-electron chi connectivity index (χ2n) is 5.24. The first kappa shape index (κ1) is 18.5. The van der Waals surface area contributed by atoms with Crippen LogP contribution in [-0.2, 0) is 9.53 Å². The maximum Gasteiger partial charge on any atom is 0.312 e. The number of benzene rings is 2. The third-order valence-corrected chi connectivity index (χ3v) is 3.77. The van der Waals surface area contributed by atoms with Crippen molar-refractivity contribution in [3.8, 4) is 0 Å². The van der Waals surface area contributed by atoms with E-state index in [0.717, 1.165) is 0 Å². The van der Waals surface area contributed by atoms with Gasteiger partial charge in [-0.1, -0.05) is 60.1 Å². The molecule has 130 valence electrons. The molecule has 0 saturated heterocycles. The molecule has 2 aromatic carbocycles. The number of halogens is 1. The minimum Gasteiger partial charge on any atom is -0.457 e. The summed E-state index contributed by atoms with van der Waals surface area (Å²) in [5.41, 5.74) is 6.14. The maximum atomic E-state index is 12.0. The van der Waals surface area contributed by atoms with Gasteiger partial charge in [0.05, 0.1) is 12.5 Å². The minimum atomic E-state index is -0.793. The molecule has 2 amide bonds. The molecule has 0 heterocycles. The predicted molar refractivity (Wildman–Crippen MR) is 93.3 cm³/mol. The standard InChI is InChI=1S/C18H17ClN2O4/c19-14-9-5-4-8-13(14)15(21-18(20)24)10-17(23)25-11-16(22)12-6-2-1-3-7-12/h1-9,15H,10-11H2,(H3,20,21,24)/t15-/m0/s1. The van der Waals surface area contributed by atoms with E-state index in [9.17, 15) is 14.4 Å². The van der Waals surface area contributed by atoms with Crippen LogP contribution in [-0.4, -0.2) is 24.4 Å². The summed E-state index contributed by atoms with van der Waals surface area (Å²) in [6.07, 6.45) is -0.200. The molecule has 2 aromatic rings. The number of urea groups is 1. The second-order valence-corrected chi connectivity index (χ2v) is 5.64. The van der Waals surface area contributed by atoms with Gasteiger partial charge in [-0.2, -0.15) is 0 Å². The number of nitrogens with two attached hydrogens (primary N) is 1. The molecule has 2 rings (SSSR count). The number of ether oxygens (including phenoxy) is 1. The molecule has 0 aliphatic rings. The first-order valence-corrected chi connectivity index (χ1v) is 7.89. The number of hydrogen-bond acceptors (Lipinski definition) is 4. The Balaban J connectivity index is 1.99. The average molecular weight is 361 g/mol. The van der Waals surface area contributed by atoms with Gasteiger partial charge in [-0.3, -0.25) is 9.59 Å². The summed E-state index contributed by atoms with van der Waals surface area (Å²) in [7, 11) is 0. The topological polar surface area (TPSA) is 98.5 Å². The predicted octanol–water partition coefficient (Wildman–Crippen LogP) is 2.87. The number of Topliss-reactive ketones (excluding diaryl/α,β-unsaturated/α-hetero) is 1. The van der Waals surface area contributed by atoms with Crippen molar-refractivity contribution in [1.29, 1.82) is 0 Å². The van der Waals surface area contributed by atoms with Gasteiger partial charge < -0.3 is 15.8 Å². The molecular weight excluding hydrogens is 344 g/mol. The summed E-state index contributed by atoms with van der Waals surface area (Å²) in [5.74, 6) is -0.964. The Morgan fingerprint density at radius 1 is 1.04 bits per heavy atom. The summed E-state index contributed by atoms with van der Waals surface area (Å²) >= 11 is 6.10. The highest BCUT2D eigenvalue weighted by Crippen LogP contribution is 2.25. The molecule has 0 saturated carbocycles. The summed E-state index contributed by atoms with van der Waals surface area (Å²) in [6.45, 7) is -0.380. The monoisotopic (exact) mass is 360 g/mol. The number of amides is 2. The third kappa shape index (κ3) is 5.61. The SMILES string of the molecule is NC(=O)N[C@@H](CC(=O)OCC(=O)c1ccccc1)c1ccccc1Cl. The molecule has 0 spiro atoms. The Hall–Kier alpha value is -2.86. The largest absolute Gasteiger partial charge is 0.457 e. The van der Waals surface area contributed by atoms with Gasteiger partial charge in [-0.05, 0) is 11.6 Å². The Morgan fingerprint density at radius 3 is 2.32 bits per heavy atom. The summed E-state index contributed by atoms with van der Waals surface area (Å²) in [4.78, 5) is 35.2. The molecule has 0 radical (unpaired) electrons. The van der Waals surface area contributed by atoms with Gasteiger partial charge in [-0.15, -0.1) is 0 Å². The lowest BCUT2D eigenvalue weighted by molar-refractivity contribution is -0.143. The highest BCUT2D eigenvalue weighted by molar-refractivity contribution is 6.31. The van der Waals surface area contributed by atoms with Crippen LogP contribution >= 0.6 is 11.6 Å². The van der Waals surface area contributed by atoms with Crippen molar-refractivity contribution in [1.82, 2.24) is 5.32 Å². The third-order valence-electron chi connectivity index (χ3n) is 3.43. The Labute approximate surface area is 149 Å². The fraction of sp³-hybridized carbons (Fsp3) is 0.167. The molecule has 0 unspecified atom stereocenters. The summed E-state index contributed by atoms with van der Waals surface area (Å²) < 4.78 is 5.01. The Bertz CT molecular complexity index is 765. The van der Waals surface area contributed by atoms with E-state index in [2.05, 4.69) is 5.32 Å². The lowest BCUT2D eigenvalue weighted by Gasteiger charge is -2.18. The normalized spacial score (nSPS) is 11.4. The van der Waals surface area contributed by atoms with E-state index in [-0.39, 0.29) is 18.8 Å². The van der Waals surface area contributed by atoms with Gasteiger partial charge in [0.15, 0.2) is 12.4 Å². The quantitative estimate of drug-likeness (QED) is 0.585. The molecule has 6 nitrogen and oxygen atoms in total. The van der Waals surface area contributed by atoms with E-state index in [1.165, 1.54) is 0 Å². The number of carbonyl (C=O) groups is 3. The molecular formula is C18H17ClN2O4. The van der Waals surface area contributed by atoms with Gasteiger partial charge in [0.1, 0.15) is 0 Å². The Morgan fingerprint density at radius 2 is 1.68 bits per heavy atom. The second kappa shape index (κ2) is 8.84. The zero-order valence-corrected chi connectivity index (χ0v) is 14.0. The van der Waals surface area contributed by atoms with E-state index < -0.39 is 18.0 Å². The number of ketones is 1. The fourth-order valence-corrected chi connectivity index (χ4v) is 2.51. The molecule has 1 atom stereocenters. The van der Waals surface area contributed by atoms with Gasteiger partial charge >= 0.3 is 12.0 Å². The van der Waals surface area contributed by atoms with Crippen LogP contribution in [0.3, 0.4) is 0 Å². The van der Waals surface area contributed by atoms with E-state index in [0.29, 0.717) is 16.1 Å². The molecule has 3 N–H and O–H groups in total. The van der Waals surface area contributed by atoms with Gasteiger partial charge in [-0.25, -0.2) is 4.79 Å². The van der Waals surface area contributed by atoms with Crippen LogP contribution in [0.1, 0.15) is 28.4 Å². The van der Waals surface area contributed by atoms with Crippen LogP contribution in [0.25, 0.3) is 0 Å². The first-order chi connectivity index (χ1) is 12.0. The molecule has 0 bridgehead atoms. The van der Waals surface area contributed by atoms with Gasteiger partial charge in [0.25, 0.3) is 0 Å². The van der Waals surface area contributed by atoms with Crippen molar-refractivity contribution in [2.75, 3.05) is 6.61 Å². The number of nitrogens with one attached hydrogen (secondary N) is 1. The highest BCUT2D eigenvalue weighted by Gasteiger charge is 2.21. The lowest BCUT2D eigenvalue weighted by Crippen LogP contribution is -2.35. The zero-order valence-electron chi connectivity index (χ0n) is 13.3. The molecule has 7 heteroatoms. The fourth-order valence-electron chi connectivity index (χ4n) is 2.25. The first-order valence-electron chi connectivity index (χ1n) is 7.51. The van der Waals surface area contributed by atoms with Crippen molar-refractivity contribution in [2.45, 2.75) is 12.5 Å². The van der Waals surface area contributed by atoms with Crippen LogP contribution in [0.2, 0.25) is 5.02 Å². The maximum absolute atomic E-state index is 12.0. The zero-order chi connectivity index (χ0) is 18.2. The molecule has 0 aromatic heterocycles. The van der Waals surface area contributed by atoms with Crippen LogP contribution < -0.4 is 11.1 Å². The van der Waals surface area contributed by atoms with Gasteiger partial charge in [0, 0.05) is 10.6 Å². The van der Waals surface area contributed by atoms with Gasteiger partial charge in [0.2, 0.25) is 0 Å². The van der Waals surface area contributed by atoms with Crippen molar-refractivity contribution < 1.29 is 19.1 Å². The van der Waals surface area contributed by atoms with E-state index in [4.69, 9.17) is 22.1 Å². The van der Waals surface area contributed by atoms with Crippen molar-refractivity contribution in [3.05, 3.63) is 70.7 Å². The highest BCUT2D eigenvalue weighted by atomic mass is 35.5. The molecule has 0 fully saturated rings. The van der Waals surface area contributed by atoms with Crippen LogP contribution in [0.15, 0.2) is 54.6 Å². The van der Waals surface area contributed by atoms with Crippen LogP contribution in [0, 0.1) is 0 Å². The molecule has 25 heavy (non-hydrogen) atoms. The number of carbonyl (C=O) groups excluding carboxylic acids is 3. The minimum absolute atomic E-state index is 0.200. The van der Waals surface area contributed by atoms with Crippen LogP contribution in [0.4, 0.5) is 4.79 Å². The summed E-state index contributed by atoms with van der Waals surface area (Å²) in [5, 5.41) is 2.84. The van der Waals surface area contributed by atoms with Crippen molar-refractivity contribution >= 4 is 29.4 Å². The van der Waals surface area contributed by atoms with E-state index in [1.807, 2.05) is 0 Å². The smallest absolute Gasteiger partial charge is 0.312 e. The molecule has 0 aliphatic heterocycles. The average Bonchev–Trinajstić information content (AvgIpc) is 2.60. The van der Waals surface area contributed by atoms with Crippen LogP contribution in [0.5, 0.6) is 0 Å². The van der Waals surface area contributed by atoms with Crippen molar-refractivity contribution in [2.24, 2.45) is 5.73 Å². The van der Waals surface area contributed by atoms with Crippen molar-refractivity contribution in [3.63, 3.8) is 0 Å².